The second-order valence-electron chi connectivity index (χ2n) is 6.76. The fraction of sp³-hybridized carbons (Fsp3) is 0.318. The molecule has 0 radical (unpaired) electrons. The average molecular weight is 415 g/mol. The van der Waals surface area contributed by atoms with Gasteiger partial charge in [-0.3, -0.25) is 9.59 Å². The summed E-state index contributed by atoms with van der Waals surface area (Å²) < 4.78 is 5.33. The van der Waals surface area contributed by atoms with Crippen molar-refractivity contribution < 1.29 is 19.1 Å². The Morgan fingerprint density at radius 1 is 0.966 bits per heavy atom. The predicted octanol–water partition coefficient (Wildman–Crippen LogP) is 3.17. The van der Waals surface area contributed by atoms with Crippen molar-refractivity contribution in [1.29, 1.82) is 0 Å². The number of ether oxygens (including phenoxy) is 1. The minimum Gasteiger partial charge on any atom is -0.449 e. The molecule has 2 aromatic carbocycles. The number of benzene rings is 2. The number of amides is 2. The topological polar surface area (TPSA) is 84.5 Å². The molecule has 2 amide bonds. The molecule has 2 N–H and O–H groups in total. The molecule has 0 aromatic heterocycles. The minimum atomic E-state index is -0.937. The Morgan fingerprint density at radius 2 is 1.62 bits per heavy atom. The standard InChI is InChI=1S/C22H26N2O4S/c1-15(2)24-20(25)14-29-19-12-8-7-11-18(19)22(27)28-16(3)21(26)23-13-17-9-5-4-6-10-17/h4-12,15-16H,13-14H2,1-3H3,(H,23,26)(H,24,25). The molecule has 0 aliphatic rings. The van der Waals surface area contributed by atoms with E-state index in [-0.39, 0.29) is 23.6 Å². The van der Waals surface area contributed by atoms with Gasteiger partial charge >= 0.3 is 5.97 Å². The van der Waals surface area contributed by atoms with Crippen molar-refractivity contribution >= 4 is 29.5 Å². The number of thioether (sulfide) groups is 1. The molecular formula is C22H26N2O4S. The molecule has 0 saturated heterocycles. The number of hydrogen-bond donors (Lipinski definition) is 2. The average Bonchev–Trinajstić information content (AvgIpc) is 2.70. The maximum absolute atomic E-state index is 12.6. The summed E-state index contributed by atoms with van der Waals surface area (Å²) in [4.78, 5) is 37.3. The molecule has 1 unspecified atom stereocenters. The Hall–Kier alpha value is -2.80. The van der Waals surface area contributed by atoms with Gasteiger partial charge in [-0.05, 0) is 38.5 Å². The van der Waals surface area contributed by atoms with Crippen molar-refractivity contribution in [2.24, 2.45) is 0 Å². The summed E-state index contributed by atoms with van der Waals surface area (Å²) in [5, 5.41) is 5.56. The normalized spacial score (nSPS) is 11.6. The SMILES string of the molecule is CC(C)NC(=O)CSc1ccccc1C(=O)OC(C)C(=O)NCc1ccccc1. The van der Waals surface area contributed by atoms with E-state index in [2.05, 4.69) is 10.6 Å². The highest BCUT2D eigenvalue weighted by Crippen LogP contribution is 2.23. The highest BCUT2D eigenvalue weighted by molar-refractivity contribution is 8.00. The van der Waals surface area contributed by atoms with Gasteiger partial charge in [0.05, 0.1) is 11.3 Å². The molecule has 0 spiro atoms. The summed E-state index contributed by atoms with van der Waals surface area (Å²) in [5.41, 5.74) is 1.29. The third-order valence-corrected chi connectivity index (χ3v) is 4.95. The largest absolute Gasteiger partial charge is 0.449 e. The molecule has 6 nitrogen and oxygen atoms in total. The number of esters is 1. The zero-order chi connectivity index (χ0) is 21.2. The first kappa shape index (κ1) is 22.5. The van der Waals surface area contributed by atoms with Gasteiger partial charge in [-0.25, -0.2) is 4.79 Å². The highest BCUT2D eigenvalue weighted by atomic mass is 32.2. The third kappa shape index (κ3) is 7.62. The maximum Gasteiger partial charge on any atom is 0.340 e. The Labute approximate surface area is 175 Å². The molecule has 0 bridgehead atoms. The van der Waals surface area contributed by atoms with Crippen LogP contribution in [0.15, 0.2) is 59.5 Å². The van der Waals surface area contributed by atoms with Gasteiger partial charge < -0.3 is 15.4 Å². The van der Waals surface area contributed by atoms with E-state index in [0.717, 1.165) is 5.56 Å². The lowest BCUT2D eigenvalue weighted by atomic mass is 10.2. The summed E-state index contributed by atoms with van der Waals surface area (Å²) in [6.07, 6.45) is -0.937. The molecule has 7 heteroatoms. The van der Waals surface area contributed by atoms with Crippen molar-refractivity contribution in [3.05, 3.63) is 65.7 Å². The molecule has 0 aliphatic carbocycles. The monoisotopic (exact) mass is 414 g/mol. The zero-order valence-electron chi connectivity index (χ0n) is 16.8. The minimum absolute atomic E-state index is 0.0542. The lowest BCUT2D eigenvalue weighted by Gasteiger charge is -2.15. The van der Waals surface area contributed by atoms with E-state index < -0.39 is 12.1 Å². The second kappa shape index (κ2) is 11.3. The fourth-order valence-corrected chi connectivity index (χ4v) is 3.33. The lowest BCUT2D eigenvalue weighted by molar-refractivity contribution is -0.129. The van der Waals surface area contributed by atoms with E-state index in [0.29, 0.717) is 17.0 Å². The van der Waals surface area contributed by atoms with Crippen LogP contribution in [-0.4, -0.2) is 35.7 Å². The summed E-state index contributed by atoms with van der Waals surface area (Å²) in [6.45, 7) is 5.67. The molecular weight excluding hydrogens is 388 g/mol. The summed E-state index contributed by atoms with van der Waals surface area (Å²) in [6, 6.07) is 16.4. The zero-order valence-corrected chi connectivity index (χ0v) is 17.6. The van der Waals surface area contributed by atoms with E-state index in [1.807, 2.05) is 44.2 Å². The van der Waals surface area contributed by atoms with Gasteiger partial charge in [-0.15, -0.1) is 11.8 Å². The summed E-state index contributed by atoms with van der Waals surface area (Å²) in [5.74, 6) is -0.888. The molecule has 0 fully saturated rings. The van der Waals surface area contributed by atoms with Crippen LogP contribution in [0.3, 0.4) is 0 Å². The van der Waals surface area contributed by atoms with Crippen molar-refractivity contribution in [1.82, 2.24) is 10.6 Å². The molecule has 0 heterocycles. The van der Waals surface area contributed by atoms with Crippen molar-refractivity contribution in [2.45, 2.75) is 44.4 Å². The number of carbonyl (C=O) groups is 3. The molecule has 0 aliphatic heterocycles. The quantitative estimate of drug-likeness (QED) is 0.486. The van der Waals surface area contributed by atoms with Crippen molar-refractivity contribution in [3.8, 4) is 0 Å². The first-order valence-electron chi connectivity index (χ1n) is 9.40. The number of hydrogen-bond acceptors (Lipinski definition) is 5. The Morgan fingerprint density at radius 3 is 2.31 bits per heavy atom. The van der Waals surface area contributed by atoms with Gasteiger partial charge in [0.2, 0.25) is 5.91 Å². The molecule has 154 valence electrons. The number of carbonyl (C=O) groups excluding carboxylic acids is 3. The third-order valence-electron chi connectivity index (χ3n) is 3.88. The van der Waals surface area contributed by atoms with E-state index in [4.69, 9.17) is 4.74 Å². The van der Waals surface area contributed by atoms with Crippen LogP contribution in [0.2, 0.25) is 0 Å². The van der Waals surface area contributed by atoms with Crippen LogP contribution in [0.25, 0.3) is 0 Å². The van der Waals surface area contributed by atoms with E-state index >= 15 is 0 Å². The lowest BCUT2D eigenvalue weighted by Crippen LogP contribution is -2.35. The highest BCUT2D eigenvalue weighted by Gasteiger charge is 2.21. The van der Waals surface area contributed by atoms with Crippen LogP contribution < -0.4 is 10.6 Å². The first-order valence-corrected chi connectivity index (χ1v) is 10.4. The fourth-order valence-electron chi connectivity index (χ4n) is 2.47. The molecule has 0 saturated carbocycles. The molecule has 29 heavy (non-hydrogen) atoms. The van der Waals surface area contributed by atoms with Gasteiger partial charge in [0.15, 0.2) is 6.10 Å². The van der Waals surface area contributed by atoms with Gasteiger partial charge in [-0.2, -0.15) is 0 Å². The predicted molar refractivity (Wildman–Crippen MR) is 114 cm³/mol. The van der Waals surface area contributed by atoms with Gasteiger partial charge in [0.1, 0.15) is 0 Å². The Bertz CT molecular complexity index is 840. The van der Waals surface area contributed by atoms with Crippen LogP contribution in [0.4, 0.5) is 0 Å². The van der Waals surface area contributed by atoms with Crippen LogP contribution >= 0.6 is 11.8 Å². The Balaban J connectivity index is 1.92. The van der Waals surface area contributed by atoms with Crippen LogP contribution in [0.1, 0.15) is 36.7 Å². The Kier molecular flexibility index (Phi) is 8.73. The van der Waals surface area contributed by atoms with Crippen molar-refractivity contribution in [3.63, 3.8) is 0 Å². The summed E-state index contributed by atoms with van der Waals surface area (Å²) >= 11 is 1.26. The second-order valence-corrected chi connectivity index (χ2v) is 7.78. The van der Waals surface area contributed by atoms with Gasteiger partial charge in [0.25, 0.3) is 5.91 Å². The smallest absolute Gasteiger partial charge is 0.340 e. The summed E-state index contributed by atoms with van der Waals surface area (Å²) in [7, 11) is 0. The van der Waals surface area contributed by atoms with Crippen molar-refractivity contribution in [2.75, 3.05) is 5.75 Å². The van der Waals surface area contributed by atoms with Gasteiger partial charge in [-0.1, -0.05) is 42.5 Å². The number of nitrogens with one attached hydrogen (secondary N) is 2. The van der Waals surface area contributed by atoms with Crippen LogP contribution in [0, 0.1) is 0 Å². The molecule has 1 atom stereocenters. The number of rotatable bonds is 9. The van der Waals surface area contributed by atoms with Crippen LogP contribution in [0.5, 0.6) is 0 Å². The van der Waals surface area contributed by atoms with Crippen LogP contribution in [-0.2, 0) is 20.9 Å². The van der Waals surface area contributed by atoms with E-state index in [9.17, 15) is 14.4 Å². The first-order chi connectivity index (χ1) is 13.9. The molecule has 2 aromatic rings. The van der Waals surface area contributed by atoms with E-state index in [1.54, 1.807) is 24.3 Å². The maximum atomic E-state index is 12.6. The molecule has 2 rings (SSSR count). The van der Waals surface area contributed by atoms with Gasteiger partial charge in [0, 0.05) is 17.5 Å². The van der Waals surface area contributed by atoms with E-state index in [1.165, 1.54) is 18.7 Å².